The number of nitrogens with zero attached hydrogens (tertiary/aromatic N) is 3. The minimum Gasteiger partial charge on any atom is -0.355 e. The average Bonchev–Trinajstić information content (AvgIpc) is 2.68. The van der Waals surface area contributed by atoms with Gasteiger partial charge < -0.3 is 15.1 Å². The van der Waals surface area contributed by atoms with Crippen molar-refractivity contribution in [2.45, 2.75) is 37.8 Å². The number of carbonyl (C=O) groups is 3. The second-order valence-corrected chi connectivity index (χ2v) is 9.20. The zero-order valence-electron chi connectivity index (χ0n) is 16.6. The van der Waals surface area contributed by atoms with Gasteiger partial charge in [-0.1, -0.05) is 24.6 Å². The van der Waals surface area contributed by atoms with Gasteiger partial charge >= 0.3 is 0 Å². The normalized spacial score (nSPS) is 20.6. The molecule has 1 atom stereocenters. The van der Waals surface area contributed by atoms with E-state index in [1.807, 2.05) is 13.8 Å². The van der Waals surface area contributed by atoms with Crippen LogP contribution in [0.2, 0.25) is 0 Å². The van der Waals surface area contributed by atoms with Crippen LogP contribution in [0.15, 0.2) is 29.2 Å². The molecule has 1 aromatic rings. The number of hydrogen-bond acceptors (Lipinski definition) is 5. The fourth-order valence-corrected chi connectivity index (χ4v) is 5.10. The zero-order valence-corrected chi connectivity index (χ0v) is 17.4. The van der Waals surface area contributed by atoms with Crippen LogP contribution in [0.4, 0.5) is 0 Å². The minimum absolute atomic E-state index is 0.0197. The molecule has 0 spiro atoms. The average molecular weight is 423 g/mol. The maximum Gasteiger partial charge on any atom is 0.244 e. The highest BCUT2D eigenvalue weighted by Crippen LogP contribution is 2.27. The fourth-order valence-electron chi connectivity index (χ4n) is 3.52. The highest BCUT2D eigenvalue weighted by atomic mass is 32.2. The van der Waals surface area contributed by atoms with Gasteiger partial charge in [0.25, 0.3) is 0 Å². The van der Waals surface area contributed by atoms with Crippen molar-refractivity contribution in [3.8, 4) is 0 Å². The first-order chi connectivity index (χ1) is 13.7. The fraction of sp³-hybridized carbons (Fsp3) is 0.526. The summed E-state index contributed by atoms with van der Waals surface area (Å²) in [6.07, 6.45) is -0.0295. The van der Waals surface area contributed by atoms with Crippen LogP contribution >= 0.6 is 0 Å². The molecule has 1 N–H and O–H groups in total. The van der Waals surface area contributed by atoms with Gasteiger partial charge in [0.2, 0.25) is 27.7 Å². The molecule has 2 aliphatic heterocycles. The summed E-state index contributed by atoms with van der Waals surface area (Å²) in [6.45, 7) is 3.91. The molecule has 3 amide bonds. The van der Waals surface area contributed by atoms with Crippen molar-refractivity contribution in [2.24, 2.45) is 0 Å². The van der Waals surface area contributed by atoms with E-state index in [0.29, 0.717) is 6.54 Å². The van der Waals surface area contributed by atoms with Crippen LogP contribution < -0.4 is 5.32 Å². The van der Waals surface area contributed by atoms with Crippen molar-refractivity contribution in [1.82, 2.24) is 19.4 Å². The third-order valence-corrected chi connectivity index (χ3v) is 7.05. The Bertz CT molecular complexity index is 900. The molecule has 2 heterocycles. The molecule has 2 saturated heterocycles. The molecule has 1 aromatic carbocycles. The van der Waals surface area contributed by atoms with Crippen molar-refractivity contribution in [2.75, 3.05) is 32.7 Å². The molecule has 0 unspecified atom stereocenters. The first-order valence-corrected chi connectivity index (χ1v) is 11.1. The second kappa shape index (κ2) is 8.50. The Hall–Kier alpha value is -2.46. The summed E-state index contributed by atoms with van der Waals surface area (Å²) < 4.78 is 27.7. The first kappa shape index (κ1) is 21.3. The minimum atomic E-state index is -3.86. The summed E-state index contributed by atoms with van der Waals surface area (Å²) in [7, 11) is -3.86. The van der Waals surface area contributed by atoms with Crippen LogP contribution in [0.25, 0.3) is 0 Å². The van der Waals surface area contributed by atoms with Gasteiger partial charge in [0.05, 0.1) is 18.0 Å². The number of carbonyl (C=O) groups excluding carboxylic acids is 3. The second-order valence-electron chi connectivity index (χ2n) is 7.31. The molecule has 0 aromatic heterocycles. The van der Waals surface area contributed by atoms with Crippen LogP contribution in [0.5, 0.6) is 0 Å². The molecular weight excluding hydrogens is 396 g/mol. The lowest BCUT2D eigenvalue weighted by atomic mass is 10.1. The lowest BCUT2D eigenvalue weighted by molar-refractivity contribution is -0.158. The number of amides is 3. The van der Waals surface area contributed by atoms with Gasteiger partial charge in [-0.2, -0.15) is 4.31 Å². The van der Waals surface area contributed by atoms with Crippen LogP contribution in [0.1, 0.15) is 25.3 Å². The van der Waals surface area contributed by atoms with Crippen LogP contribution in [0, 0.1) is 6.92 Å². The summed E-state index contributed by atoms with van der Waals surface area (Å²) in [5.41, 5.74) is 0.937. The Morgan fingerprint density at radius 2 is 1.86 bits per heavy atom. The molecule has 0 radical (unpaired) electrons. The quantitative estimate of drug-likeness (QED) is 0.690. The monoisotopic (exact) mass is 422 g/mol. The van der Waals surface area contributed by atoms with E-state index in [0.717, 1.165) is 12.0 Å². The standard InChI is InChI=1S/C19H26N4O5S/c1-3-9-20-16(24)11-21-12-17-22(13-19(21)26)18(25)8-10-23(17)29(27,28)15-6-4-14(2)5-7-15/h4-7,17H,3,8-13H2,1-2H3,(H,20,24)/t17-/m0/s1. The van der Waals surface area contributed by atoms with E-state index in [9.17, 15) is 22.8 Å². The molecule has 0 bridgehead atoms. The Kier molecular flexibility index (Phi) is 6.23. The summed E-state index contributed by atoms with van der Waals surface area (Å²) in [5, 5.41) is 2.71. The number of benzene rings is 1. The maximum absolute atomic E-state index is 13.2. The number of rotatable bonds is 6. The van der Waals surface area contributed by atoms with Crippen molar-refractivity contribution in [1.29, 1.82) is 0 Å². The molecule has 3 rings (SSSR count). The van der Waals surface area contributed by atoms with Crippen molar-refractivity contribution >= 4 is 27.7 Å². The van der Waals surface area contributed by atoms with Gasteiger partial charge in [0.1, 0.15) is 12.7 Å². The van der Waals surface area contributed by atoms with Gasteiger partial charge in [-0.3, -0.25) is 14.4 Å². The molecule has 0 aliphatic carbocycles. The van der Waals surface area contributed by atoms with Gasteiger partial charge in [-0.15, -0.1) is 0 Å². The van der Waals surface area contributed by atoms with Crippen molar-refractivity contribution in [3.05, 3.63) is 29.8 Å². The highest BCUT2D eigenvalue weighted by Gasteiger charge is 2.46. The van der Waals surface area contributed by atoms with Gasteiger partial charge in [0.15, 0.2) is 0 Å². The van der Waals surface area contributed by atoms with Crippen LogP contribution in [0.3, 0.4) is 0 Å². The third-order valence-electron chi connectivity index (χ3n) is 5.13. The van der Waals surface area contributed by atoms with Crippen molar-refractivity contribution in [3.63, 3.8) is 0 Å². The lowest BCUT2D eigenvalue weighted by Crippen LogP contribution is -2.68. The number of nitrogens with one attached hydrogen (secondary N) is 1. The number of piperazine rings is 1. The van der Waals surface area contributed by atoms with Gasteiger partial charge in [0, 0.05) is 19.5 Å². The maximum atomic E-state index is 13.2. The summed E-state index contributed by atoms with van der Waals surface area (Å²) in [4.78, 5) is 39.6. The van der Waals surface area contributed by atoms with E-state index >= 15 is 0 Å². The Morgan fingerprint density at radius 1 is 1.17 bits per heavy atom. The van der Waals surface area contributed by atoms with Crippen LogP contribution in [-0.2, 0) is 24.4 Å². The zero-order chi connectivity index (χ0) is 21.2. The predicted octanol–water partition coefficient (Wildman–Crippen LogP) is -0.0875. The van der Waals surface area contributed by atoms with E-state index < -0.39 is 16.2 Å². The highest BCUT2D eigenvalue weighted by molar-refractivity contribution is 7.89. The van der Waals surface area contributed by atoms with E-state index in [1.165, 1.54) is 26.2 Å². The molecular formula is C19H26N4O5S. The molecule has 9 nitrogen and oxygen atoms in total. The largest absolute Gasteiger partial charge is 0.355 e. The van der Waals surface area contributed by atoms with E-state index in [1.54, 1.807) is 12.1 Å². The van der Waals surface area contributed by atoms with Gasteiger partial charge in [-0.05, 0) is 25.5 Å². The molecule has 2 fully saturated rings. The Morgan fingerprint density at radius 3 is 2.52 bits per heavy atom. The molecule has 158 valence electrons. The van der Waals surface area contributed by atoms with E-state index in [2.05, 4.69) is 5.32 Å². The molecule has 10 heteroatoms. The predicted molar refractivity (Wildman–Crippen MR) is 105 cm³/mol. The third kappa shape index (κ3) is 4.43. The Labute approximate surface area is 170 Å². The van der Waals surface area contributed by atoms with Crippen LogP contribution in [-0.4, -0.2) is 79.1 Å². The summed E-state index contributed by atoms with van der Waals surface area (Å²) in [6, 6.07) is 6.51. The van der Waals surface area contributed by atoms with E-state index in [-0.39, 0.29) is 55.2 Å². The first-order valence-electron chi connectivity index (χ1n) is 9.66. The smallest absolute Gasteiger partial charge is 0.244 e. The number of fused-ring (bicyclic) bond motifs is 1. The number of sulfonamides is 1. The Balaban J connectivity index is 1.84. The van der Waals surface area contributed by atoms with Gasteiger partial charge in [-0.25, -0.2) is 8.42 Å². The number of hydrogen-bond donors (Lipinski definition) is 1. The van der Waals surface area contributed by atoms with Crippen molar-refractivity contribution < 1.29 is 22.8 Å². The topological polar surface area (TPSA) is 107 Å². The molecule has 29 heavy (non-hydrogen) atoms. The molecule has 0 saturated carbocycles. The molecule has 2 aliphatic rings. The van der Waals surface area contributed by atoms with E-state index in [4.69, 9.17) is 0 Å². The summed E-state index contributed by atoms with van der Waals surface area (Å²) >= 11 is 0. The number of aryl methyl sites for hydroxylation is 1. The SMILES string of the molecule is CCCNC(=O)CN1C[C@H]2N(CC1=O)C(=O)CCN2S(=O)(=O)c1ccc(C)cc1. The lowest BCUT2D eigenvalue weighted by Gasteiger charge is -2.47. The summed E-state index contributed by atoms with van der Waals surface area (Å²) in [5.74, 6) is -0.923.